The molecule has 0 radical (unpaired) electrons. The number of aliphatic hydroxyl groups is 4. The van der Waals surface area contributed by atoms with Gasteiger partial charge in [-0.05, 0) is 122 Å². The Balaban J connectivity index is 1.34. The summed E-state index contributed by atoms with van der Waals surface area (Å²) in [5.74, 6) is 2.36. The highest BCUT2D eigenvalue weighted by Gasteiger charge is 2.71. The molecule has 6 nitrogen and oxygen atoms in total. The highest BCUT2D eigenvalue weighted by atomic mass is 16.7. The van der Waals surface area contributed by atoms with Crippen molar-refractivity contribution in [1.82, 2.24) is 0 Å². The normalized spacial score (nSPS) is 57.4. The van der Waals surface area contributed by atoms with Gasteiger partial charge in [0.15, 0.2) is 6.29 Å². The Morgan fingerprint density at radius 2 is 1.50 bits per heavy atom. The zero-order valence-electron chi connectivity index (χ0n) is 25.9. The third-order valence-corrected chi connectivity index (χ3v) is 14.8. The van der Waals surface area contributed by atoms with Crippen LogP contribution in [0.2, 0.25) is 0 Å². The van der Waals surface area contributed by atoms with E-state index in [1.54, 1.807) is 0 Å². The van der Waals surface area contributed by atoms with Gasteiger partial charge in [0.1, 0.15) is 18.3 Å². The number of allylic oxidation sites excluding steroid dienone is 1. The van der Waals surface area contributed by atoms with Crippen LogP contribution in [0.25, 0.3) is 0 Å². The fourth-order valence-electron chi connectivity index (χ4n) is 12.4. The first-order valence-corrected chi connectivity index (χ1v) is 16.3. The summed E-state index contributed by atoms with van der Waals surface area (Å²) in [7, 11) is 0. The molecule has 4 unspecified atom stereocenters. The van der Waals surface area contributed by atoms with Gasteiger partial charge < -0.3 is 29.9 Å². The molecule has 1 aliphatic heterocycles. The molecule has 6 heteroatoms. The van der Waals surface area contributed by atoms with E-state index in [1.807, 2.05) is 0 Å². The van der Waals surface area contributed by atoms with E-state index in [1.165, 1.54) is 31.3 Å². The lowest BCUT2D eigenvalue weighted by Gasteiger charge is -2.73. The van der Waals surface area contributed by atoms with Gasteiger partial charge in [-0.1, -0.05) is 46.8 Å². The third kappa shape index (κ3) is 3.81. The average molecular weight is 561 g/mol. The molecule has 0 spiro atoms. The minimum Gasteiger partial charge on any atom is -0.393 e. The lowest BCUT2D eigenvalue weighted by molar-refractivity contribution is -0.327. The number of rotatable bonds is 3. The van der Waals surface area contributed by atoms with Gasteiger partial charge in [0.2, 0.25) is 0 Å². The topological polar surface area (TPSA) is 99.4 Å². The SMILES string of the molecule is C=C(C)[C@@H]1CC[C@]2(O[C@H]3OC[C@@H](O)[C@@H](O)[C@@H]3O)CC[C@]3(C)C(CCC4[C@@]5(C)CC[C@H](O)C(C)(C)C5CC[C@]43C)C12. The van der Waals surface area contributed by atoms with Crippen molar-refractivity contribution in [2.24, 2.45) is 51.2 Å². The van der Waals surface area contributed by atoms with Crippen LogP contribution in [0.15, 0.2) is 12.2 Å². The van der Waals surface area contributed by atoms with E-state index in [-0.39, 0.29) is 34.4 Å². The molecule has 5 saturated carbocycles. The Morgan fingerprint density at radius 3 is 2.20 bits per heavy atom. The van der Waals surface area contributed by atoms with Crippen LogP contribution in [0.5, 0.6) is 0 Å². The maximum absolute atomic E-state index is 11.0. The van der Waals surface area contributed by atoms with E-state index >= 15 is 0 Å². The molecule has 1 heterocycles. The molecule has 4 N–H and O–H groups in total. The quantitative estimate of drug-likeness (QED) is 0.279. The average Bonchev–Trinajstić information content (AvgIpc) is 3.27. The van der Waals surface area contributed by atoms with Gasteiger partial charge in [0.25, 0.3) is 0 Å². The Morgan fingerprint density at radius 1 is 0.775 bits per heavy atom. The molecule has 14 atom stereocenters. The largest absolute Gasteiger partial charge is 0.393 e. The fraction of sp³-hybridized carbons (Fsp3) is 0.941. The van der Waals surface area contributed by atoms with Gasteiger partial charge in [-0.15, -0.1) is 0 Å². The van der Waals surface area contributed by atoms with Crippen molar-refractivity contribution in [1.29, 1.82) is 0 Å². The molecule has 0 bridgehead atoms. The standard InChI is InChI=1S/C34H56O6/c1-19(2)20-10-15-34(40-29-28(38)27(37)22(35)18-39-29)17-16-32(6)21(26(20)34)8-9-24-31(5)13-12-25(36)30(3,4)23(31)11-14-33(24,32)7/h20-29,35-38H,1,8-18H2,2-7H3/t20-,21?,22+,23?,24?,25-,26?,27+,28-,29+,31-,32+,33+,34-/m0/s1. The van der Waals surface area contributed by atoms with E-state index in [0.717, 1.165) is 38.5 Å². The zero-order valence-corrected chi connectivity index (χ0v) is 25.9. The molecule has 228 valence electrons. The molecular weight excluding hydrogens is 504 g/mol. The lowest BCUT2D eigenvalue weighted by atomic mass is 9.33. The summed E-state index contributed by atoms with van der Waals surface area (Å²) in [6.45, 7) is 19.0. The summed E-state index contributed by atoms with van der Waals surface area (Å²) in [4.78, 5) is 0. The van der Waals surface area contributed by atoms with Gasteiger partial charge in [-0.2, -0.15) is 0 Å². The first kappa shape index (κ1) is 29.6. The predicted octanol–water partition coefficient (Wildman–Crippen LogP) is 5.21. The maximum Gasteiger partial charge on any atom is 0.186 e. The summed E-state index contributed by atoms with van der Waals surface area (Å²) in [5, 5.41) is 42.3. The second kappa shape index (κ2) is 9.50. The number of ether oxygens (including phenoxy) is 2. The zero-order chi connectivity index (χ0) is 29.0. The Kier molecular flexibility index (Phi) is 7.02. The Bertz CT molecular complexity index is 1010. The van der Waals surface area contributed by atoms with E-state index in [2.05, 4.69) is 48.1 Å². The molecule has 1 saturated heterocycles. The van der Waals surface area contributed by atoms with E-state index in [9.17, 15) is 20.4 Å². The van der Waals surface area contributed by atoms with Crippen LogP contribution in [-0.2, 0) is 9.47 Å². The van der Waals surface area contributed by atoms with E-state index in [0.29, 0.717) is 29.6 Å². The Hall–Kier alpha value is -0.500. The first-order chi connectivity index (χ1) is 18.6. The van der Waals surface area contributed by atoms with Crippen LogP contribution in [0.1, 0.15) is 106 Å². The first-order valence-electron chi connectivity index (χ1n) is 16.3. The molecule has 6 aliphatic rings. The molecule has 0 aromatic rings. The number of aliphatic hydroxyl groups excluding tert-OH is 4. The van der Waals surface area contributed by atoms with Crippen molar-refractivity contribution >= 4 is 0 Å². The molecule has 5 aliphatic carbocycles. The van der Waals surface area contributed by atoms with Gasteiger partial charge >= 0.3 is 0 Å². The van der Waals surface area contributed by atoms with Gasteiger partial charge in [-0.3, -0.25) is 0 Å². The highest BCUT2D eigenvalue weighted by molar-refractivity contribution is 5.22. The predicted molar refractivity (Wildman–Crippen MR) is 154 cm³/mol. The summed E-state index contributed by atoms with van der Waals surface area (Å²) < 4.78 is 12.7. The Labute approximate surface area is 241 Å². The van der Waals surface area contributed by atoms with Crippen molar-refractivity contribution in [3.63, 3.8) is 0 Å². The van der Waals surface area contributed by atoms with Crippen LogP contribution in [0, 0.1) is 51.2 Å². The van der Waals surface area contributed by atoms with E-state index in [4.69, 9.17) is 9.47 Å². The second-order valence-corrected chi connectivity index (χ2v) is 16.5. The number of hydrogen-bond donors (Lipinski definition) is 4. The minimum atomic E-state index is -1.26. The van der Waals surface area contributed by atoms with Crippen molar-refractivity contribution in [2.75, 3.05) is 6.61 Å². The highest BCUT2D eigenvalue weighted by Crippen LogP contribution is 2.76. The van der Waals surface area contributed by atoms with Crippen LogP contribution in [0.4, 0.5) is 0 Å². The van der Waals surface area contributed by atoms with Crippen molar-refractivity contribution in [2.45, 2.75) is 142 Å². The van der Waals surface area contributed by atoms with E-state index < -0.39 is 30.2 Å². The van der Waals surface area contributed by atoms with Gasteiger partial charge in [0.05, 0.1) is 18.3 Å². The molecule has 0 aromatic heterocycles. The molecule has 6 rings (SSSR count). The lowest BCUT2D eigenvalue weighted by Crippen LogP contribution is -2.68. The van der Waals surface area contributed by atoms with Crippen LogP contribution in [-0.4, -0.2) is 63.3 Å². The second-order valence-electron chi connectivity index (χ2n) is 16.5. The van der Waals surface area contributed by atoms with Crippen molar-refractivity contribution in [3.8, 4) is 0 Å². The summed E-state index contributed by atoms with van der Waals surface area (Å²) in [6, 6.07) is 0. The smallest absolute Gasteiger partial charge is 0.186 e. The number of hydrogen-bond acceptors (Lipinski definition) is 6. The molecule has 6 fully saturated rings. The van der Waals surface area contributed by atoms with Crippen LogP contribution in [0.3, 0.4) is 0 Å². The van der Waals surface area contributed by atoms with Crippen LogP contribution < -0.4 is 0 Å². The molecule has 0 amide bonds. The van der Waals surface area contributed by atoms with Crippen LogP contribution >= 0.6 is 0 Å². The van der Waals surface area contributed by atoms with Gasteiger partial charge in [-0.25, -0.2) is 0 Å². The minimum absolute atomic E-state index is 0.0285. The summed E-state index contributed by atoms with van der Waals surface area (Å²) in [6.07, 6.45) is 6.05. The number of fused-ring (bicyclic) bond motifs is 7. The third-order valence-electron chi connectivity index (χ3n) is 14.8. The molecule has 0 aromatic carbocycles. The monoisotopic (exact) mass is 560 g/mol. The maximum atomic E-state index is 11.0. The molecule has 40 heavy (non-hydrogen) atoms. The van der Waals surface area contributed by atoms with Crippen molar-refractivity contribution in [3.05, 3.63) is 12.2 Å². The summed E-state index contributed by atoms with van der Waals surface area (Å²) >= 11 is 0. The molecular formula is C34H56O6. The summed E-state index contributed by atoms with van der Waals surface area (Å²) in [5.41, 5.74) is 1.40. The van der Waals surface area contributed by atoms with Gasteiger partial charge in [0, 0.05) is 0 Å². The fourth-order valence-corrected chi connectivity index (χ4v) is 12.4. The van der Waals surface area contributed by atoms with Crippen molar-refractivity contribution < 1.29 is 29.9 Å².